The molecule has 1 aromatic rings. The molecule has 2 N–H and O–H groups in total. The van der Waals surface area contributed by atoms with Crippen molar-refractivity contribution < 1.29 is 4.39 Å². The number of aromatic nitrogens is 2. The summed E-state index contributed by atoms with van der Waals surface area (Å²) in [6.45, 7) is 1.87. The molecule has 4 heteroatoms. The first kappa shape index (κ1) is 8.69. The van der Waals surface area contributed by atoms with E-state index >= 15 is 0 Å². The Morgan fingerprint density at radius 2 is 2.31 bits per heavy atom. The number of aryl methyl sites for hydroxylation is 1. The summed E-state index contributed by atoms with van der Waals surface area (Å²) in [5.41, 5.74) is 5.01. The Morgan fingerprint density at radius 1 is 1.69 bits per heavy atom. The fourth-order valence-electron chi connectivity index (χ4n) is 1.90. The van der Waals surface area contributed by atoms with E-state index in [1.54, 1.807) is 10.8 Å². The highest BCUT2D eigenvalue weighted by molar-refractivity contribution is 5.19. The third-order valence-electron chi connectivity index (χ3n) is 2.85. The average Bonchev–Trinajstić information content (AvgIpc) is 2.30. The Labute approximate surface area is 76.8 Å². The molecule has 1 saturated carbocycles. The van der Waals surface area contributed by atoms with Gasteiger partial charge in [-0.25, -0.2) is 9.37 Å². The first-order chi connectivity index (χ1) is 6.03. The molecule has 1 aliphatic rings. The molecule has 72 valence electrons. The van der Waals surface area contributed by atoms with Crippen LogP contribution in [0.25, 0.3) is 0 Å². The Balaban J connectivity index is 2.31. The number of imidazole rings is 1. The molecule has 0 atom stereocenters. The number of hydrogen-bond donors (Lipinski definition) is 1. The van der Waals surface area contributed by atoms with Crippen LogP contribution >= 0.6 is 0 Å². The van der Waals surface area contributed by atoms with Gasteiger partial charge in [0, 0.05) is 25.9 Å². The SMILES string of the molecule is Cc1ncc(C2(F)CC(N)C2)n1C. The average molecular weight is 183 g/mol. The van der Waals surface area contributed by atoms with E-state index in [4.69, 9.17) is 5.73 Å². The maximum atomic E-state index is 14.0. The van der Waals surface area contributed by atoms with E-state index in [0.717, 1.165) is 5.82 Å². The van der Waals surface area contributed by atoms with Crippen LogP contribution in [0.2, 0.25) is 0 Å². The maximum absolute atomic E-state index is 14.0. The molecule has 1 heterocycles. The number of nitrogens with zero attached hydrogens (tertiary/aromatic N) is 2. The van der Waals surface area contributed by atoms with Crippen LogP contribution in [0.15, 0.2) is 6.20 Å². The van der Waals surface area contributed by atoms with Crippen LogP contribution in [-0.2, 0) is 12.7 Å². The fraction of sp³-hybridized carbons (Fsp3) is 0.667. The zero-order valence-electron chi connectivity index (χ0n) is 7.92. The lowest BCUT2D eigenvalue weighted by Gasteiger charge is -2.39. The second kappa shape index (κ2) is 2.54. The van der Waals surface area contributed by atoms with Crippen LogP contribution < -0.4 is 5.73 Å². The van der Waals surface area contributed by atoms with Crippen molar-refractivity contribution in [1.29, 1.82) is 0 Å². The summed E-state index contributed by atoms with van der Waals surface area (Å²) in [6, 6.07) is 0.0141. The quantitative estimate of drug-likeness (QED) is 0.706. The molecule has 1 aliphatic carbocycles. The molecule has 0 bridgehead atoms. The predicted octanol–water partition coefficient (Wildman–Crippen LogP) is 1.01. The summed E-state index contributed by atoms with van der Waals surface area (Å²) in [6.07, 6.45) is 2.46. The third kappa shape index (κ3) is 1.16. The largest absolute Gasteiger partial charge is 0.333 e. The van der Waals surface area contributed by atoms with Gasteiger partial charge in [0.1, 0.15) is 5.82 Å². The molecule has 13 heavy (non-hydrogen) atoms. The molecular formula is C9H14FN3. The van der Waals surface area contributed by atoms with Crippen molar-refractivity contribution in [2.75, 3.05) is 0 Å². The van der Waals surface area contributed by atoms with Gasteiger partial charge in [0.05, 0.1) is 11.9 Å². The second-order valence-electron chi connectivity index (χ2n) is 3.88. The van der Waals surface area contributed by atoms with Gasteiger partial charge in [-0.1, -0.05) is 0 Å². The summed E-state index contributed by atoms with van der Waals surface area (Å²) in [5.74, 6) is 0.840. The lowest BCUT2D eigenvalue weighted by Crippen LogP contribution is -2.47. The van der Waals surface area contributed by atoms with Gasteiger partial charge in [-0.15, -0.1) is 0 Å². The van der Waals surface area contributed by atoms with E-state index in [2.05, 4.69) is 4.98 Å². The maximum Gasteiger partial charge on any atom is 0.155 e. The van der Waals surface area contributed by atoms with Crippen molar-refractivity contribution in [1.82, 2.24) is 9.55 Å². The summed E-state index contributed by atoms with van der Waals surface area (Å²) in [7, 11) is 1.84. The Morgan fingerprint density at radius 3 is 2.69 bits per heavy atom. The minimum Gasteiger partial charge on any atom is -0.333 e. The van der Waals surface area contributed by atoms with E-state index in [9.17, 15) is 4.39 Å². The summed E-state index contributed by atoms with van der Waals surface area (Å²) < 4.78 is 15.8. The molecule has 0 unspecified atom stereocenters. The monoisotopic (exact) mass is 183 g/mol. The van der Waals surface area contributed by atoms with Crippen LogP contribution in [-0.4, -0.2) is 15.6 Å². The van der Waals surface area contributed by atoms with Gasteiger partial charge in [-0.3, -0.25) is 0 Å². The van der Waals surface area contributed by atoms with E-state index in [1.165, 1.54) is 0 Å². The van der Waals surface area contributed by atoms with Crippen molar-refractivity contribution in [3.63, 3.8) is 0 Å². The Kier molecular flexibility index (Phi) is 1.70. The van der Waals surface area contributed by atoms with Crippen LogP contribution in [0.5, 0.6) is 0 Å². The zero-order chi connectivity index (χ0) is 9.64. The van der Waals surface area contributed by atoms with Gasteiger partial charge in [0.15, 0.2) is 5.67 Å². The van der Waals surface area contributed by atoms with Crippen molar-refractivity contribution >= 4 is 0 Å². The first-order valence-electron chi connectivity index (χ1n) is 4.46. The summed E-state index contributed by atoms with van der Waals surface area (Å²) >= 11 is 0. The van der Waals surface area contributed by atoms with E-state index < -0.39 is 5.67 Å². The third-order valence-corrected chi connectivity index (χ3v) is 2.85. The van der Waals surface area contributed by atoms with Gasteiger partial charge < -0.3 is 10.3 Å². The minimum atomic E-state index is -1.23. The standard InChI is InChI=1S/C9H14FN3/c1-6-12-5-8(13(6)2)9(10)3-7(11)4-9/h5,7H,3-4,11H2,1-2H3. The summed E-state index contributed by atoms with van der Waals surface area (Å²) in [4.78, 5) is 4.07. The van der Waals surface area contributed by atoms with E-state index in [-0.39, 0.29) is 6.04 Å². The van der Waals surface area contributed by atoms with Crippen LogP contribution in [0.4, 0.5) is 4.39 Å². The van der Waals surface area contributed by atoms with Crippen molar-refractivity contribution in [3.8, 4) is 0 Å². The molecule has 0 saturated heterocycles. The van der Waals surface area contributed by atoms with Gasteiger partial charge >= 0.3 is 0 Å². The molecule has 0 amide bonds. The fourth-order valence-corrected chi connectivity index (χ4v) is 1.90. The first-order valence-corrected chi connectivity index (χ1v) is 4.46. The molecule has 0 aromatic carbocycles. The highest BCUT2D eigenvalue weighted by atomic mass is 19.1. The van der Waals surface area contributed by atoms with Gasteiger partial charge in [-0.2, -0.15) is 0 Å². The molecular weight excluding hydrogens is 169 g/mol. The molecule has 2 rings (SSSR count). The molecule has 0 aliphatic heterocycles. The molecule has 1 aromatic heterocycles. The highest BCUT2D eigenvalue weighted by Gasteiger charge is 2.46. The normalized spacial score (nSPS) is 33.1. The Bertz CT molecular complexity index is 326. The number of nitrogens with two attached hydrogens (primary N) is 1. The predicted molar refractivity (Wildman–Crippen MR) is 47.9 cm³/mol. The smallest absolute Gasteiger partial charge is 0.155 e. The second-order valence-corrected chi connectivity index (χ2v) is 3.88. The highest BCUT2D eigenvalue weighted by Crippen LogP contribution is 2.44. The summed E-state index contributed by atoms with van der Waals surface area (Å²) in [5, 5.41) is 0. The number of alkyl halides is 1. The zero-order valence-corrected chi connectivity index (χ0v) is 7.92. The Hall–Kier alpha value is -0.900. The van der Waals surface area contributed by atoms with Crippen molar-refractivity contribution in [2.24, 2.45) is 12.8 Å². The number of halogens is 1. The molecule has 0 spiro atoms. The topological polar surface area (TPSA) is 43.8 Å². The van der Waals surface area contributed by atoms with Crippen LogP contribution in [0.3, 0.4) is 0 Å². The number of rotatable bonds is 1. The van der Waals surface area contributed by atoms with Crippen molar-refractivity contribution in [3.05, 3.63) is 17.7 Å². The lowest BCUT2D eigenvalue weighted by molar-refractivity contribution is 0.0330. The van der Waals surface area contributed by atoms with E-state index in [0.29, 0.717) is 18.5 Å². The van der Waals surface area contributed by atoms with Gasteiger partial charge in [-0.05, 0) is 6.92 Å². The van der Waals surface area contributed by atoms with Crippen LogP contribution in [0.1, 0.15) is 24.4 Å². The number of hydrogen-bond acceptors (Lipinski definition) is 2. The van der Waals surface area contributed by atoms with Crippen molar-refractivity contribution in [2.45, 2.75) is 31.5 Å². The van der Waals surface area contributed by atoms with Crippen LogP contribution in [0, 0.1) is 6.92 Å². The minimum absolute atomic E-state index is 0.0141. The molecule has 1 fully saturated rings. The van der Waals surface area contributed by atoms with Gasteiger partial charge in [0.2, 0.25) is 0 Å². The lowest BCUT2D eigenvalue weighted by atomic mass is 9.76. The molecule has 3 nitrogen and oxygen atoms in total. The van der Waals surface area contributed by atoms with Gasteiger partial charge in [0.25, 0.3) is 0 Å². The van der Waals surface area contributed by atoms with E-state index in [1.807, 2.05) is 14.0 Å². The molecule has 0 radical (unpaired) electrons.